The van der Waals surface area contributed by atoms with Crippen LogP contribution in [0.15, 0.2) is 12.1 Å². The van der Waals surface area contributed by atoms with Gasteiger partial charge < -0.3 is 10.6 Å². The van der Waals surface area contributed by atoms with Gasteiger partial charge in [-0.05, 0) is 43.9 Å². The van der Waals surface area contributed by atoms with Crippen molar-refractivity contribution in [3.8, 4) is 0 Å². The van der Waals surface area contributed by atoms with Crippen molar-refractivity contribution in [2.45, 2.75) is 38.3 Å². The lowest BCUT2D eigenvalue weighted by Crippen LogP contribution is -2.32. The molecule has 1 amide bonds. The Morgan fingerprint density at radius 2 is 2.11 bits per heavy atom. The van der Waals surface area contributed by atoms with E-state index < -0.39 is 0 Å². The molecule has 1 aromatic carbocycles. The molecule has 2 aliphatic heterocycles. The van der Waals surface area contributed by atoms with Gasteiger partial charge in [0.2, 0.25) is 5.91 Å². The van der Waals surface area contributed by atoms with Crippen LogP contribution in [0, 0.1) is 12.8 Å². The van der Waals surface area contributed by atoms with Crippen molar-refractivity contribution in [3.63, 3.8) is 0 Å². The fourth-order valence-electron chi connectivity index (χ4n) is 3.08. The Labute approximate surface area is 122 Å². The summed E-state index contributed by atoms with van der Waals surface area (Å²) >= 11 is 12.2. The molecule has 3 nitrogen and oxygen atoms in total. The van der Waals surface area contributed by atoms with Crippen molar-refractivity contribution < 1.29 is 4.79 Å². The molecule has 3 rings (SSSR count). The zero-order valence-corrected chi connectivity index (χ0v) is 12.2. The van der Waals surface area contributed by atoms with Crippen LogP contribution in [0.5, 0.6) is 0 Å². The number of carbonyl (C=O) groups is 1. The van der Waals surface area contributed by atoms with E-state index in [4.69, 9.17) is 23.2 Å². The molecule has 2 aliphatic rings. The van der Waals surface area contributed by atoms with E-state index in [1.807, 2.05) is 6.92 Å². The maximum absolute atomic E-state index is 12.3. The Hall–Kier alpha value is -0.770. The van der Waals surface area contributed by atoms with Crippen LogP contribution in [-0.4, -0.2) is 18.0 Å². The average molecular weight is 299 g/mol. The molecule has 2 heterocycles. The van der Waals surface area contributed by atoms with Gasteiger partial charge in [0.1, 0.15) is 0 Å². The minimum atomic E-state index is 0.0431. The lowest BCUT2D eigenvalue weighted by molar-refractivity contribution is -0.120. The summed E-state index contributed by atoms with van der Waals surface area (Å²) in [5.74, 6) is 0.0939. The Morgan fingerprint density at radius 3 is 2.74 bits per heavy atom. The van der Waals surface area contributed by atoms with Crippen LogP contribution < -0.4 is 10.6 Å². The van der Waals surface area contributed by atoms with Gasteiger partial charge in [0, 0.05) is 17.1 Å². The molecule has 102 valence electrons. The van der Waals surface area contributed by atoms with Crippen molar-refractivity contribution in [3.05, 3.63) is 27.7 Å². The summed E-state index contributed by atoms with van der Waals surface area (Å²) in [6.07, 6.45) is 3.20. The number of carbonyl (C=O) groups excluding carboxylic acids is 1. The third kappa shape index (κ3) is 2.47. The highest BCUT2D eigenvalue weighted by molar-refractivity contribution is 6.36. The summed E-state index contributed by atoms with van der Waals surface area (Å²) < 4.78 is 0. The third-order valence-corrected chi connectivity index (χ3v) is 4.86. The Bertz CT molecular complexity index is 532. The highest BCUT2D eigenvalue weighted by Gasteiger charge is 2.42. The van der Waals surface area contributed by atoms with Crippen molar-refractivity contribution in [1.82, 2.24) is 5.32 Å². The number of aryl methyl sites for hydroxylation is 1. The van der Waals surface area contributed by atoms with E-state index in [0.717, 1.165) is 18.4 Å². The molecule has 3 atom stereocenters. The van der Waals surface area contributed by atoms with Gasteiger partial charge in [-0.15, -0.1) is 0 Å². The second-order valence-electron chi connectivity index (χ2n) is 5.46. The molecule has 2 fully saturated rings. The lowest BCUT2D eigenvalue weighted by atomic mass is 9.88. The van der Waals surface area contributed by atoms with Crippen LogP contribution in [0.1, 0.15) is 24.8 Å². The zero-order chi connectivity index (χ0) is 13.6. The Balaban J connectivity index is 1.75. The highest BCUT2D eigenvalue weighted by atomic mass is 35.5. The van der Waals surface area contributed by atoms with Crippen LogP contribution in [0.25, 0.3) is 0 Å². The van der Waals surface area contributed by atoms with E-state index in [1.54, 1.807) is 12.1 Å². The van der Waals surface area contributed by atoms with Gasteiger partial charge in [-0.3, -0.25) is 4.79 Å². The molecule has 0 saturated carbocycles. The molecule has 0 radical (unpaired) electrons. The number of amides is 1. The number of anilines is 1. The maximum atomic E-state index is 12.3. The summed E-state index contributed by atoms with van der Waals surface area (Å²) in [5.41, 5.74) is 1.51. The third-order valence-electron chi connectivity index (χ3n) is 4.14. The molecule has 2 bridgehead atoms. The van der Waals surface area contributed by atoms with Crippen molar-refractivity contribution in [1.29, 1.82) is 0 Å². The monoisotopic (exact) mass is 298 g/mol. The van der Waals surface area contributed by atoms with Crippen LogP contribution in [-0.2, 0) is 4.79 Å². The van der Waals surface area contributed by atoms with Crippen molar-refractivity contribution in [2.75, 3.05) is 5.32 Å². The second-order valence-corrected chi connectivity index (χ2v) is 6.27. The van der Waals surface area contributed by atoms with E-state index in [-0.39, 0.29) is 11.8 Å². The first-order valence-corrected chi connectivity index (χ1v) is 7.33. The second kappa shape index (κ2) is 4.97. The molecule has 0 aliphatic carbocycles. The number of hydrogen-bond donors (Lipinski definition) is 2. The molecule has 0 spiro atoms. The molecule has 1 aromatic rings. The summed E-state index contributed by atoms with van der Waals surface area (Å²) in [7, 11) is 0. The van der Waals surface area contributed by atoms with Crippen LogP contribution >= 0.6 is 23.2 Å². The summed E-state index contributed by atoms with van der Waals surface area (Å²) in [5, 5.41) is 7.52. The fourth-order valence-corrected chi connectivity index (χ4v) is 3.51. The fraction of sp³-hybridized carbons (Fsp3) is 0.500. The van der Waals surface area contributed by atoms with Crippen LogP contribution in [0.2, 0.25) is 10.0 Å². The topological polar surface area (TPSA) is 41.1 Å². The number of halogens is 2. The Morgan fingerprint density at radius 1 is 1.32 bits per heavy atom. The first-order chi connectivity index (χ1) is 9.04. The molecular weight excluding hydrogens is 283 g/mol. The number of benzene rings is 1. The molecule has 2 N–H and O–H groups in total. The molecule has 3 unspecified atom stereocenters. The normalized spacial score (nSPS) is 28.7. The number of rotatable bonds is 2. The van der Waals surface area contributed by atoms with Gasteiger partial charge in [0.05, 0.1) is 16.6 Å². The predicted octanol–water partition coefficient (Wildman–Crippen LogP) is 3.38. The lowest BCUT2D eigenvalue weighted by Gasteiger charge is -2.20. The van der Waals surface area contributed by atoms with Gasteiger partial charge in [-0.1, -0.05) is 23.2 Å². The van der Waals surface area contributed by atoms with E-state index >= 15 is 0 Å². The number of hydrogen-bond acceptors (Lipinski definition) is 2. The SMILES string of the molecule is Cc1cc(Cl)c(NC(=O)C2CC3CCC2N3)cc1Cl. The van der Waals surface area contributed by atoms with Crippen molar-refractivity contribution in [2.24, 2.45) is 5.92 Å². The average Bonchev–Trinajstić information content (AvgIpc) is 2.98. The van der Waals surface area contributed by atoms with Gasteiger partial charge >= 0.3 is 0 Å². The van der Waals surface area contributed by atoms with Crippen molar-refractivity contribution >= 4 is 34.8 Å². The number of fused-ring (bicyclic) bond motifs is 2. The zero-order valence-electron chi connectivity index (χ0n) is 10.7. The summed E-state index contributed by atoms with van der Waals surface area (Å²) in [4.78, 5) is 12.3. The first-order valence-electron chi connectivity index (χ1n) is 6.57. The van der Waals surface area contributed by atoms with Gasteiger partial charge in [-0.2, -0.15) is 0 Å². The largest absolute Gasteiger partial charge is 0.324 e. The minimum Gasteiger partial charge on any atom is -0.324 e. The smallest absolute Gasteiger partial charge is 0.229 e. The first kappa shape index (κ1) is 13.2. The molecule has 19 heavy (non-hydrogen) atoms. The van der Waals surface area contributed by atoms with Crippen LogP contribution in [0.3, 0.4) is 0 Å². The van der Waals surface area contributed by atoms with Crippen LogP contribution in [0.4, 0.5) is 5.69 Å². The highest BCUT2D eigenvalue weighted by Crippen LogP contribution is 2.35. The standard InChI is InChI=1S/C14H16Cl2N2O/c1-7-4-11(16)13(6-10(7)15)18-14(19)9-5-8-2-3-12(9)17-8/h4,6,8-9,12,17H,2-3,5H2,1H3,(H,18,19). The summed E-state index contributed by atoms with van der Waals surface area (Å²) in [6, 6.07) is 4.33. The van der Waals surface area contributed by atoms with E-state index in [0.29, 0.717) is 27.8 Å². The molecule has 0 aromatic heterocycles. The maximum Gasteiger partial charge on any atom is 0.229 e. The minimum absolute atomic E-state index is 0.0431. The molecule has 5 heteroatoms. The quantitative estimate of drug-likeness (QED) is 0.879. The van der Waals surface area contributed by atoms with Gasteiger partial charge in [0.15, 0.2) is 0 Å². The predicted molar refractivity (Wildman–Crippen MR) is 77.9 cm³/mol. The molecule has 2 saturated heterocycles. The van der Waals surface area contributed by atoms with Gasteiger partial charge in [0.25, 0.3) is 0 Å². The number of nitrogens with one attached hydrogen (secondary N) is 2. The van der Waals surface area contributed by atoms with Gasteiger partial charge in [-0.25, -0.2) is 0 Å². The summed E-state index contributed by atoms with van der Waals surface area (Å²) in [6.45, 7) is 1.89. The van der Waals surface area contributed by atoms with E-state index in [9.17, 15) is 4.79 Å². The van der Waals surface area contributed by atoms with E-state index in [1.165, 1.54) is 6.42 Å². The van der Waals surface area contributed by atoms with E-state index in [2.05, 4.69) is 10.6 Å². The Kier molecular flexibility index (Phi) is 3.46. The molecular formula is C14H16Cl2N2O.